The van der Waals surface area contributed by atoms with Gasteiger partial charge in [0, 0.05) is 17.9 Å². The second kappa shape index (κ2) is 7.90. The van der Waals surface area contributed by atoms with E-state index in [1.807, 2.05) is 13.0 Å². The smallest absolute Gasteiger partial charge is 0.348 e. The molecule has 7 heteroatoms. The highest BCUT2D eigenvalue weighted by Gasteiger charge is 2.18. The van der Waals surface area contributed by atoms with E-state index in [4.69, 9.17) is 14.9 Å². The SMILES string of the molecule is CCC(CCO)Oc1ccc(-c2cc(F)c(C(=O)O)s2)cc1C#N. The lowest BCUT2D eigenvalue weighted by Gasteiger charge is -2.17. The summed E-state index contributed by atoms with van der Waals surface area (Å²) in [5.74, 6) is -1.73. The number of nitrogens with zero attached hydrogens (tertiary/aromatic N) is 1. The molecular formula is C17H16FNO4S. The molecule has 0 fully saturated rings. The number of aromatic carboxylic acids is 1. The molecule has 0 saturated heterocycles. The van der Waals surface area contributed by atoms with Gasteiger partial charge in [0.25, 0.3) is 0 Å². The summed E-state index contributed by atoms with van der Waals surface area (Å²) >= 11 is 0.814. The first-order valence-corrected chi connectivity index (χ1v) is 8.16. The number of halogens is 1. The molecular weight excluding hydrogens is 333 g/mol. The van der Waals surface area contributed by atoms with Crippen molar-refractivity contribution in [1.29, 1.82) is 5.26 Å². The van der Waals surface area contributed by atoms with Crippen molar-refractivity contribution in [3.63, 3.8) is 0 Å². The summed E-state index contributed by atoms with van der Waals surface area (Å²) in [4.78, 5) is 11.0. The molecule has 0 spiro atoms. The van der Waals surface area contributed by atoms with E-state index in [2.05, 4.69) is 0 Å². The van der Waals surface area contributed by atoms with Crippen LogP contribution in [-0.4, -0.2) is 28.9 Å². The van der Waals surface area contributed by atoms with Crippen LogP contribution in [0.25, 0.3) is 10.4 Å². The van der Waals surface area contributed by atoms with Crippen molar-refractivity contribution in [3.8, 4) is 22.3 Å². The maximum Gasteiger partial charge on any atom is 0.348 e. The molecule has 0 aliphatic carbocycles. The highest BCUT2D eigenvalue weighted by atomic mass is 32.1. The summed E-state index contributed by atoms with van der Waals surface area (Å²) in [6.07, 6.45) is 0.942. The number of carboxylic acid groups (broad SMARTS) is 1. The molecule has 126 valence electrons. The van der Waals surface area contributed by atoms with Crippen molar-refractivity contribution in [1.82, 2.24) is 0 Å². The van der Waals surface area contributed by atoms with Crippen LogP contribution in [-0.2, 0) is 0 Å². The van der Waals surface area contributed by atoms with Crippen LogP contribution in [0.2, 0.25) is 0 Å². The molecule has 1 unspecified atom stereocenters. The van der Waals surface area contributed by atoms with Gasteiger partial charge in [0.15, 0.2) is 0 Å². The number of benzene rings is 1. The van der Waals surface area contributed by atoms with Crippen LogP contribution in [0.5, 0.6) is 5.75 Å². The first kappa shape index (κ1) is 17.9. The fourth-order valence-electron chi connectivity index (χ4n) is 2.20. The minimum atomic E-state index is -1.32. The van der Waals surface area contributed by atoms with Gasteiger partial charge in [-0.25, -0.2) is 9.18 Å². The fourth-order valence-corrected chi connectivity index (χ4v) is 3.07. The van der Waals surface area contributed by atoms with Crippen LogP contribution in [0.1, 0.15) is 35.0 Å². The number of hydrogen-bond acceptors (Lipinski definition) is 5. The third-order valence-corrected chi connectivity index (χ3v) is 4.61. The second-order valence-corrected chi connectivity index (χ2v) is 6.13. The third-order valence-electron chi connectivity index (χ3n) is 3.47. The summed E-state index contributed by atoms with van der Waals surface area (Å²) < 4.78 is 19.4. The van der Waals surface area contributed by atoms with Crippen molar-refractivity contribution < 1.29 is 24.1 Å². The number of rotatable bonds is 7. The van der Waals surface area contributed by atoms with E-state index < -0.39 is 11.8 Å². The highest BCUT2D eigenvalue weighted by molar-refractivity contribution is 7.17. The molecule has 24 heavy (non-hydrogen) atoms. The first-order chi connectivity index (χ1) is 11.5. The van der Waals surface area contributed by atoms with E-state index in [1.165, 1.54) is 6.07 Å². The molecule has 2 aromatic rings. The van der Waals surface area contributed by atoms with E-state index in [0.29, 0.717) is 29.0 Å². The van der Waals surface area contributed by atoms with Crippen LogP contribution < -0.4 is 4.74 Å². The van der Waals surface area contributed by atoms with Crippen molar-refractivity contribution >= 4 is 17.3 Å². The topological polar surface area (TPSA) is 90.6 Å². The highest BCUT2D eigenvalue weighted by Crippen LogP contribution is 2.33. The predicted octanol–water partition coefficient (Wildman–Crippen LogP) is 3.66. The predicted molar refractivity (Wildman–Crippen MR) is 87.8 cm³/mol. The van der Waals surface area contributed by atoms with E-state index in [0.717, 1.165) is 17.4 Å². The van der Waals surface area contributed by atoms with Crippen LogP contribution in [0.4, 0.5) is 4.39 Å². The van der Waals surface area contributed by atoms with Gasteiger partial charge in [0.05, 0.1) is 5.56 Å². The summed E-state index contributed by atoms with van der Waals surface area (Å²) in [5, 5.41) is 27.2. The van der Waals surface area contributed by atoms with Crippen molar-refractivity contribution in [3.05, 3.63) is 40.5 Å². The van der Waals surface area contributed by atoms with Crippen molar-refractivity contribution in [2.75, 3.05) is 6.61 Å². The van der Waals surface area contributed by atoms with E-state index in [9.17, 15) is 14.4 Å². The van der Waals surface area contributed by atoms with E-state index >= 15 is 0 Å². The first-order valence-electron chi connectivity index (χ1n) is 7.34. The summed E-state index contributed by atoms with van der Waals surface area (Å²) in [6, 6.07) is 7.97. The average molecular weight is 349 g/mol. The number of ether oxygens (including phenoxy) is 1. The molecule has 0 aliphatic rings. The Labute approximate surface area is 142 Å². The van der Waals surface area contributed by atoms with Gasteiger partial charge >= 0.3 is 5.97 Å². The summed E-state index contributed by atoms with van der Waals surface area (Å²) in [7, 11) is 0. The number of aliphatic hydroxyl groups is 1. The summed E-state index contributed by atoms with van der Waals surface area (Å²) in [5.41, 5.74) is 0.820. The lowest BCUT2D eigenvalue weighted by Crippen LogP contribution is -2.17. The van der Waals surface area contributed by atoms with Gasteiger partial charge in [-0.1, -0.05) is 6.92 Å². The number of aliphatic hydroxyl groups excluding tert-OH is 1. The quantitative estimate of drug-likeness (QED) is 0.796. The fraction of sp³-hybridized carbons (Fsp3) is 0.294. The summed E-state index contributed by atoms with van der Waals surface area (Å²) in [6.45, 7) is 1.91. The van der Waals surface area contributed by atoms with Crippen LogP contribution in [0, 0.1) is 17.1 Å². The van der Waals surface area contributed by atoms with Gasteiger partial charge in [0.1, 0.15) is 28.6 Å². The Morgan fingerprint density at radius 3 is 2.75 bits per heavy atom. The normalized spacial score (nSPS) is 11.8. The molecule has 1 heterocycles. The number of carboxylic acids is 1. The maximum atomic E-state index is 13.6. The lowest BCUT2D eigenvalue weighted by molar-refractivity contribution is 0.0697. The molecule has 2 N–H and O–H groups in total. The van der Waals surface area contributed by atoms with Gasteiger partial charge in [-0.3, -0.25) is 0 Å². The molecule has 1 aromatic carbocycles. The number of nitriles is 1. The minimum Gasteiger partial charge on any atom is -0.489 e. The monoisotopic (exact) mass is 349 g/mol. The van der Waals surface area contributed by atoms with Gasteiger partial charge in [-0.2, -0.15) is 5.26 Å². The lowest BCUT2D eigenvalue weighted by atomic mass is 10.1. The van der Waals surface area contributed by atoms with Crippen molar-refractivity contribution in [2.24, 2.45) is 0 Å². The molecule has 1 atom stereocenters. The Bertz CT molecular complexity index is 781. The van der Waals surface area contributed by atoms with Gasteiger partial charge < -0.3 is 14.9 Å². The minimum absolute atomic E-state index is 0.00901. The number of hydrogen-bond donors (Lipinski definition) is 2. The van der Waals surface area contributed by atoms with Gasteiger partial charge in [-0.15, -0.1) is 11.3 Å². The average Bonchev–Trinajstić information content (AvgIpc) is 2.96. The molecule has 0 saturated carbocycles. The van der Waals surface area contributed by atoms with Crippen LogP contribution in [0.3, 0.4) is 0 Å². The number of carbonyl (C=O) groups is 1. The third kappa shape index (κ3) is 3.91. The molecule has 0 bridgehead atoms. The standard InChI is InChI=1S/C17H16FNO4S/c1-2-12(5-6-20)23-14-4-3-10(7-11(14)9-19)15-8-13(18)16(24-15)17(21)22/h3-4,7-8,12,20H,2,5-6H2,1H3,(H,21,22). The molecule has 1 aromatic heterocycles. The number of thiophene rings is 1. The van der Waals surface area contributed by atoms with Gasteiger partial charge in [-0.05, 0) is 36.2 Å². The second-order valence-electron chi connectivity index (χ2n) is 5.08. The zero-order valence-electron chi connectivity index (χ0n) is 13.0. The Hall–Kier alpha value is -2.43. The van der Waals surface area contributed by atoms with Crippen LogP contribution >= 0.6 is 11.3 Å². The molecule has 2 rings (SSSR count). The molecule has 0 aliphatic heterocycles. The Balaban J connectivity index is 2.34. The zero-order chi connectivity index (χ0) is 17.7. The molecule has 5 nitrogen and oxygen atoms in total. The van der Waals surface area contributed by atoms with Crippen molar-refractivity contribution in [2.45, 2.75) is 25.9 Å². The zero-order valence-corrected chi connectivity index (χ0v) is 13.8. The van der Waals surface area contributed by atoms with E-state index in [-0.39, 0.29) is 23.2 Å². The Morgan fingerprint density at radius 2 is 2.21 bits per heavy atom. The molecule has 0 amide bonds. The maximum absolute atomic E-state index is 13.6. The Morgan fingerprint density at radius 1 is 1.46 bits per heavy atom. The van der Waals surface area contributed by atoms with Crippen LogP contribution in [0.15, 0.2) is 24.3 Å². The van der Waals surface area contributed by atoms with E-state index in [1.54, 1.807) is 12.1 Å². The van der Waals surface area contributed by atoms with Gasteiger partial charge in [0.2, 0.25) is 0 Å². The largest absolute Gasteiger partial charge is 0.489 e. The molecule has 0 radical (unpaired) electrons. The Kier molecular flexibility index (Phi) is 5.90.